The molecule has 0 bridgehead atoms. The number of carbonyl (C=O) groups is 1. The summed E-state index contributed by atoms with van der Waals surface area (Å²) in [7, 11) is -3.82. The number of hydrogen-bond acceptors (Lipinski definition) is 3. The Kier molecular flexibility index (Phi) is 5.06. The molecular formula is C14H19BrN2O3S. The molecule has 1 aliphatic carbocycles. The summed E-state index contributed by atoms with van der Waals surface area (Å²) in [4.78, 5) is 12.3. The van der Waals surface area contributed by atoms with Gasteiger partial charge in [-0.25, -0.2) is 13.6 Å². The normalized spacial score (nSPS) is 22.8. The van der Waals surface area contributed by atoms with Crippen molar-refractivity contribution in [3.63, 3.8) is 0 Å². The standard InChI is InChI=1S/C14H19BrN2O3S/c1-9-3-2-4-10(7-9)17-14(18)12-8-11(21(16,19)20)5-6-13(12)15/h5-6,8-10H,2-4,7H2,1H3,(H,17,18)(H2,16,19,20). The Morgan fingerprint density at radius 3 is 2.71 bits per heavy atom. The van der Waals surface area contributed by atoms with Gasteiger partial charge in [0.1, 0.15) is 0 Å². The van der Waals surface area contributed by atoms with Crippen molar-refractivity contribution in [3.8, 4) is 0 Å². The van der Waals surface area contributed by atoms with Crippen LogP contribution in [0.25, 0.3) is 0 Å². The molecule has 3 N–H and O–H groups in total. The average molecular weight is 375 g/mol. The van der Waals surface area contributed by atoms with Crippen molar-refractivity contribution in [1.29, 1.82) is 0 Å². The number of nitrogens with two attached hydrogens (primary N) is 1. The molecule has 2 atom stereocenters. The highest BCUT2D eigenvalue weighted by molar-refractivity contribution is 9.10. The molecule has 2 rings (SSSR count). The van der Waals surface area contributed by atoms with Crippen molar-refractivity contribution < 1.29 is 13.2 Å². The van der Waals surface area contributed by atoms with Gasteiger partial charge in [0.05, 0.1) is 10.5 Å². The quantitative estimate of drug-likeness (QED) is 0.850. The van der Waals surface area contributed by atoms with Gasteiger partial charge in [0.15, 0.2) is 0 Å². The van der Waals surface area contributed by atoms with Gasteiger partial charge in [0.2, 0.25) is 10.0 Å². The summed E-state index contributed by atoms with van der Waals surface area (Å²) in [6.07, 6.45) is 4.21. The molecule has 0 aliphatic heterocycles. The number of rotatable bonds is 3. The molecule has 5 nitrogen and oxygen atoms in total. The Hall–Kier alpha value is -0.920. The smallest absolute Gasteiger partial charge is 0.252 e. The first-order valence-electron chi connectivity index (χ1n) is 6.90. The molecule has 1 saturated carbocycles. The topological polar surface area (TPSA) is 89.3 Å². The van der Waals surface area contributed by atoms with Crippen LogP contribution in [0, 0.1) is 5.92 Å². The van der Waals surface area contributed by atoms with Crippen LogP contribution in [0.4, 0.5) is 0 Å². The second kappa shape index (κ2) is 6.46. The van der Waals surface area contributed by atoms with Crippen molar-refractivity contribution in [2.24, 2.45) is 11.1 Å². The predicted molar refractivity (Wildman–Crippen MR) is 84.4 cm³/mol. The molecule has 1 aromatic rings. The minimum absolute atomic E-state index is 0.0622. The van der Waals surface area contributed by atoms with E-state index in [0.29, 0.717) is 16.0 Å². The maximum Gasteiger partial charge on any atom is 0.252 e. The minimum atomic E-state index is -3.82. The van der Waals surface area contributed by atoms with Crippen LogP contribution >= 0.6 is 15.9 Å². The van der Waals surface area contributed by atoms with Crippen molar-refractivity contribution >= 4 is 31.9 Å². The van der Waals surface area contributed by atoms with Crippen LogP contribution in [0.1, 0.15) is 43.0 Å². The van der Waals surface area contributed by atoms with Crippen molar-refractivity contribution in [2.45, 2.75) is 43.5 Å². The summed E-state index contributed by atoms with van der Waals surface area (Å²) in [5.41, 5.74) is 0.291. The molecule has 1 amide bonds. The number of sulfonamides is 1. The largest absolute Gasteiger partial charge is 0.349 e. The zero-order chi connectivity index (χ0) is 15.6. The van der Waals surface area contributed by atoms with E-state index in [0.717, 1.165) is 19.3 Å². The highest BCUT2D eigenvalue weighted by atomic mass is 79.9. The summed E-state index contributed by atoms with van der Waals surface area (Å²) in [5, 5.41) is 8.08. The third-order valence-electron chi connectivity index (χ3n) is 3.78. The van der Waals surface area contributed by atoms with Gasteiger partial charge in [-0.1, -0.05) is 19.8 Å². The second-order valence-electron chi connectivity index (χ2n) is 5.63. The lowest BCUT2D eigenvalue weighted by molar-refractivity contribution is 0.0920. The van der Waals surface area contributed by atoms with E-state index in [1.807, 2.05) is 0 Å². The molecule has 0 heterocycles. The van der Waals surface area contributed by atoms with E-state index in [9.17, 15) is 13.2 Å². The van der Waals surface area contributed by atoms with Crippen LogP contribution in [0.3, 0.4) is 0 Å². The van der Waals surface area contributed by atoms with Gasteiger partial charge >= 0.3 is 0 Å². The lowest BCUT2D eigenvalue weighted by Gasteiger charge is -2.27. The van der Waals surface area contributed by atoms with Crippen LogP contribution in [-0.2, 0) is 10.0 Å². The predicted octanol–water partition coefficient (Wildman–Crippen LogP) is 2.41. The first kappa shape index (κ1) is 16.5. The Balaban J connectivity index is 2.18. The minimum Gasteiger partial charge on any atom is -0.349 e. The summed E-state index contributed by atoms with van der Waals surface area (Å²) < 4.78 is 23.3. The molecule has 2 unspecified atom stereocenters. The summed E-state index contributed by atoms with van der Waals surface area (Å²) in [6, 6.07) is 4.35. The third kappa shape index (κ3) is 4.28. The summed E-state index contributed by atoms with van der Waals surface area (Å²) in [5.74, 6) is 0.328. The maximum atomic E-state index is 12.3. The monoisotopic (exact) mass is 374 g/mol. The molecule has 21 heavy (non-hydrogen) atoms. The average Bonchev–Trinajstić information content (AvgIpc) is 2.37. The van der Waals surface area contributed by atoms with Gasteiger partial charge in [-0.2, -0.15) is 0 Å². The van der Waals surface area contributed by atoms with Crippen molar-refractivity contribution in [2.75, 3.05) is 0 Å². The Bertz CT molecular complexity index is 646. The number of benzene rings is 1. The molecule has 116 valence electrons. The SMILES string of the molecule is CC1CCCC(NC(=O)c2cc(S(N)(=O)=O)ccc2Br)C1. The van der Waals surface area contributed by atoms with E-state index in [1.165, 1.54) is 24.6 Å². The first-order chi connectivity index (χ1) is 9.77. The van der Waals surface area contributed by atoms with Crippen LogP contribution in [-0.4, -0.2) is 20.4 Å². The molecule has 0 spiro atoms. The molecule has 1 aliphatic rings. The van der Waals surface area contributed by atoms with Gasteiger partial charge in [0.25, 0.3) is 5.91 Å². The molecule has 0 saturated heterocycles. The molecule has 0 radical (unpaired) electrons. The van der Waals surface area contributed by atoms with E-state index in [-0.39, 0.29) is 16.8 Å². The number of nitrogens with one attached hydrogen (secondary N) is 1. The number of carbonyl (C=O) groups excluding carboxylic acids is 1. The van der Waals surface area contributed by atoms with Crippen LogP contribution in [0.15, 0.2) is 27.6 Å². The number of amides is 1. The van der Waals surface area contributed by atoms with E-state index in [1.54, 1.807) is 0 Å². The fraction of sp³-hybridized carbons (Fsp3) is 0.500. The van der Waals surface area contributed by atoms with Gasteiger partial charge in [0, 0.05) is 10.5 Å². The van der Waals surface area contributed by atoms with Gasteiger partial charge in [-0.05, 0) is 52.9 Å². The van der Waals surface area contributed by atoms with Gasteiger partial charge < -0.3 is 5.32 Å². The lowest BCUT2D eigenvalue weighted by atomic mass is 9.87. The van der Waals surface area contributed by atoms with Crippen LogP contribution in [0.2, 0.25) is 0 Å². The second-order valence-corrected chi connectivity index (χ2v) is 8.04. The van der Waals surface area contributed by atoms with Crippen molar-refractivity contribution in [1.82, 2.24) is 5.32 Å². The highest BCUT2D eigenvalue weighted by Crippen LogP contribution is 2.25. The Morgan fingerprint density at radius 2 is 2.10 bits per heavy atom. The zero-order valence-electron chi connectivity index (χ0n) is 11.8. The molecular weight excluding hydrogens is 356 g/mol. The fourth-order valence-electron chi connectivity index (χ4n) is 2.68. The van der Waals surface area contributed by atoms with Gasteiger partial charge in [-0.3, -0.25) is 4.79 Å². The summed E-state index contributed by atoms with van der Waals surface area (Å²) in [6.45, 7) is 2.18. The summed E-state index contributed by atoms with van der Waals surface area (Å²) >= 11 is 3.28. The van der Waals surface area contributed by atoms with Crippen molar-refractivity contribution in [3.05, 3.63) is 28.2 Å². The Morgan fingerprint density at radius 1 is 1.38 bits per heavy atom. The van der Waals surface area contributed by atoms with E-state index in [2.05, 4.69) is 28.2 Å². The third-order valence-corrected chi connectivity index (χ3v) is 5.39. The van der Waals surface area contributed by atoms with E-state index >= 15 is 0 Å². The molecule has 7 heteroatoms. The highest BCUT2D eigenvalue weighted by Gasteiger charge is 2.22. The lowest BCUT2D eigenvalue weighted by Crippen LogP contribution is -2.38. The molecule has 0 aromatic heterocycles. The first-order valence-corrected chi connectivity index (χ1v) is 9.24. The van der Waals surface area contributed by atoms with Crippen LogP contribution in [0.5, 0.6) is 0 Å². The van der Waals surface area contributed by atoms with E-state index in [4.69, 9.17) is 5.14 Å². The Labute approximate surface area is 133 Å². The van der Waals surface area contributed by atoms with E-state index < -0.39 is 10.0 Å². The van der Waals surface area contributed by atoms with Gasteiger partial charge in [-0.15, -0.1) is 0 Å². The number of hydrogen-bond donors (Lipinski definition) is 2. The zero-order valence-corrected chi connectivity index (χ0v) is 14.2. The molecule has 1 fully saturated rings. The maximum absolute atomic E-state index is 12.3. The fourth-order valence-corrected chi connectivity index (χ4v) is 3.65. The number of primary sulfonamides is 1. The number of halogens is 1. The molecule has 1 aromatic carbocycles. The van der Waals surface area contributed by atoms with Crippen LogP contribution < -0.4 is 10.5 Å².